The van der Waals surface area contributed by atoms with Gasteiger partial charge in [0.1, 0.15) is 35.2 Å². The lowest BCUT2D eigenvalue weighted by molar-refractivity contribution is -0.0511. The third kappa shape index (κ3) is 1.98. The number of rotatable bonds is 3. The van der Waals surface area contributed by atoms with Crippen LogP contribution in [0.5, 0.6) is 0 Å². The summed E-state index contributed by atoms with van der Waals surface area (Å²) < 4.78 is 7.01. The molecule has 2 aromatic rings. The van der Waals surface area contributed by atoms with E-state index < -0.39 is 24.5 Å². The number of thioether (sulfide) groups is 1. The maximum Gasteiger partial charge on any atom is 0.166 e. The van der Waals surface area contributed by atoms with E-state index >= 15 is 0 Å². The molecule has 0 aromatic carbocycles. The highest BCUT2D eigenvalue weighted by atomic mass is 32.2. The van der Waals surface area contributed by atoms with Crippen LogP contribution >= 0.6 is 11.8 Å². The van der Waals surface area contributed by atoms with Crippen molar-refractivity contribution in [2.24, 2.45) is 0 Å². The van der Waals surface area contributed by atoms with E-state index in [0.717, 1.165) is 5.03 Å². The lowest BCUT2D eigenvalue weighted by Gasteiger charge is -2.16. The molecule has 9 heteroatoms. The van der Waals surface area contributed by atoms with Crippen molar-refractivity contribution in [3.05, 3.63) is 12.7 Å². The number of nitrogens with zero attached hydrogens (tertiary/aromatic N) is 4. The Labute approximate surface area is 118 Å². The molecule has 0 amide bonds. The van der Waals surface area contributed by atoms with Gasteiger partial charge in [0.2, 0.25) is 0 Å². The number of hydrogen-bond acceptors (Lipinski definition) is 8. The lowest BCUT2D eigenvalue weighted by atomic mass is 10.1. The quantitative estimate of drug-likeness (QED) is 0.496. The van der Waals surface area contributed by atoms with Crippen LogP contribution in [0.3, 0.4) is 0 Å². The summed E-state index contributed by atoms with van der Waals surface area (Å²) in [5.41, 5.74) is 1.12. The molecule has 3 N–H and O–H groups in total. The van der Waals surface area contributed by atoms with Gasteiger partial charge in [0.25, 0.3) is 0 Å². The van der Waals surface area contributed by atoms with E-state index in [2.05, 4.69) is 15.0 Å². The molecule has 0 saturated carbocycles. The molecule has 1 saturated heterocycles. The van der Waals surface area contributed by atoms with Crippen molar-refractivity contribution in [1.82, 2.24) is 19.5 Å². The van der Waals surface area contributed by atoms with Crippen molar-refractivity contribution in [3.63, 3.8) is 0 Å². The first-order valence-electron chi connectivity index (χ1n) is 6.01. The van der Waals surface area contributed by atoms with Gasteiger partial charge in [0, 0.05) is 0 Å². The Hall–Kier alpha value is -1.26. The smallest absolute Gasteiger partial charge is 0.166 e. The number of ether oxygens (including phenoxy) is 1. The van der Waals surface area contributed by atoms with Crippen molar-refractivity contribution >= 4 is 22.9 Å². The van der Waals surface area contributed by atoms with Crippen LogP contribution in [-0.2, 0) is 4.74 Å². The molecule has 1 aliphatic rings. The van der Waals surface area contributed by atoms with Gasteiger partial charge in [-0.05, 0) is 6.26 Å². The molecule has 0 spiro atoms. The first kappa shape index (κ1) is 13.7. The summed E-state index contributed by atoms with van der Waals surface area (Å²) in [5.74, 6) is 0. The van der Waals surface area contributed by atoms with Crippen molar-refractivity contribution in [3.8, 4) is 0 Å². The van der Waals surface area contributed by atoms with Crippen LogP contribution in [0.1, 0.15) is 6.23 Å². The Kier molecular flexibility index (Phi) is 3.61. The molecule has 108 valence electrons. The van der Waals surface area contributed by atoms with Gasteiger partial charge in [-0.1, -0.05) is 0 Å². The normalized spacial score (nSPS) is 30.2. The van der Waals surface area contributed by atoms with Crippen molar-refractivity contribution in [1.29, 1.82) is 0 Å². The second-order valence-corrected chi connectivity index (χ2v) is 5.23. The molecule has 1 fully saturated rings. The summed E-state index contributed by atoms with van der Waals surface area (Å²) in [7, 11) is 0. The SMILES string of the molecule is CSc1ncnc2c1ncn2[C@H]1O[C@@H](CO)[C@@H](O)[C@H]1O. The van der Waals surface area contributed by atoms with E-state index in [1.165, 1.54) is 24.4 Å². The first-order valence-corrected chi connectivity index (χ1v) is 7.23. The largest absolute Gasteiger partial charge is 0.394 e. The number of imidazole rings is 1. The summed E-state index contributed by atoms with van der Waals surface area (Å²) in [5, 5.41) is 29.7. The Balaban J connectivity index is 2.03. The third-order valence-electron chi connectivity index (χ3n) is 3.31. The van der Waals surface area contributed by atoms with Crippen molar-refractivity contribution in [2.45, 2.75) is 29.6 Å². The summed E-state index contributed by atoms with van der Waals surface area (Å²) in [6, 6.07) is 0. The third-order valence-corrected chi connectivity index (χ3v) is 4.00. The van der Waals surface area contributed by atoms with Crippen LogP contribution < -0.4 is 0 Å². The van der Waals surface area contributed by atoms with Gasteiger partial charge in [0.05, 0.1) is 12.9 Å². The van der Waals surface area contributed by atoms with Gasteiger partial charge >= 0.3 is 0 Å². The minimum absolute atomic E-state index is 0.369. The van der Waals surface area contributed by atoms with Gasteiger partial charge in [-0.15, -0.1) is 11.8 Å². The second kappa shape index (κ2) is 5.26. The molecule has 0 radical (unpaired) electrons. The molecule has 0 aliphatic carbocycles. The first-order chi connectivity index (χ1) is 9.67. The van der Waals surface area contributed by atoms with Crippen molar-refractivity contribution < 1.29 is 20.1 Å². The van der Waals surface area contributed by atoms with Gasteiger partial charge in [-0.3, -0.25) is 4.57 Å². The summed E-state index contributed by atoms with van der Waals surface area (Å²) in [6.45, 7) is -0.369. The zero-order valence-corrected chi connectivity index (χ0v) is 11.4. The van der Waals surface area contributed by atoms with E-state index in [9.17, 15) is 10.2 Å². The zero-order valence-electron chi connectivity index (χ0n) is 10.6. The van der Waals surface area contributed by atoms with E-state index in [1.54, 1.807) is 4.57 Å². The monoisotopic (exact) mass is 298 g/mol. The molecule has 3 heterocycles. The highest BCUT2D eigenvalue weighted by Gasteiger charge is 2.43. The Morgan fingerprint density at radius 3 is 2.75 bits per heavy atom. The van der Waals surface area contributed by atoms with Gasteiger partial charge in [0.15, 0.2) is 11.9 Å². The van der Waals surface area contributed by atoms with Crippen molar-refractivity contribution in [2.75, 3.05) is 12.9 Å². The van der Waals surface area contributed by atoms with Crippen LogP contribution in [0.25, 0.3) is 11.2 Å². The van der Waals surface area contributed by atoms with Gasteiger partial charge in [-0.2, -0.15) is 0 Å². The minimum Gasteiger partial charge on any atom is -0.394 e. The maximum atomic E-state index is 10.0. The fourth-order valence-electron chi connectivity index (χ4n) is 2.28. The number of aromatic nitrogens is 4. The minimum atomic E-state index is -1.16. The molecule has 0 bridgehead atoms. The zero-order chi connectivity index (χ0) is 14.3. The number of aliphatic hydroxyl groups excluding tert-OH is 3. The van der Waals surface area contributed by atoms with Crippen LogP contribution in [0.4, 0.5) is 0 Å². The molecule has 2 aromatic heterocycles. The van der Waals surface area contributed by atoms with Gasteiger partial charge in [-0.25, -0.2) is 15.0 Å². The van der Waals surface area contributed by atoms with Crippen LogP contribution in [-0.4, -0.2) is 66.0 Å². The predicted molar refractivity (Wildman–Crippen MR) is 70.1 cm³/mol. The summed E-state index contributed by atoms with van der Waals surface area (Å²) in [4.78, 5) is 12.5. The lowest BCUT2D eigenvalue weighted by Crippen LogP contribution is -2.33. The Bertz CT molecular complexity index is 621. The topological polar surface area (TPSA) is 114 Å². The standard InChI is InChI=1S/C11H14N4O4S/c1-20-10-6-9(12-3-13-10)15(4-14-6)11-8(18)7(17)5(2-16)19-11/h3-5,7-8,11,16-18H,2H2,1H3/t5-,7+,8+,11-/m0/s1. The van der Waals surface area contributed by atoms with Gasteiger partial charge < -0.3 is 20.1 Å². The van der Waals surface area contributed by atoms with E-state index in [0.29, 0.717) is 11.2 Å². The molecule has 4 atom stereocenters. The fourth-order valence-corrected chi connectivity index (χ4v) is 2.77. The molecule has 0 unspecified atom stereocenters. The number of aliphatic hydroxyl groups is 3. The molecule has 1 aliphatic heterocycles. The molecular formula is C11H14N4O4S. The van der Waals surface area contributed by atoms with Crippen LogP contribution in [0.2, 0.25) is 0 Å². The highest BCUT2D eigenvalue weighted by Crippen LogP contribution is 2.32. The predicted octanol–water partition coefficient (Wildman–Crippen LogP) is -0.840. The average molecular weight is 298 g/mol. The maximum absolute atomic E-state index is 10.0. The van der Waals surface area contributed by atoms with E-state index in [4.69, 9.17) is 9.84 Å². The van der Waals surface area contributed by atoms with E-state index in [1.807, 2.05) is 6.26 Å². The number of fused-ring (bicyclic) bond motifs is 1. The molecule has 3 rings (SSSR count). The Morgan fingerprint density at radius 2 is 2.10 bits per heavy atom. The van der Waals surface area contributed by atoms with Crippen LogP contribution in [0.15, 0.2) is 17.7 Å². The second-order valence-electron chi connectivity index (χ2n) is 4.44. The summed E-state index contributed by atoms with van der Waals surface area (Å²) in [6.07, 6.45) is 0.813. The molecule has 8 nitrogen and oxygen atoms in total. The molecular weight excluding hydrogens is 284 g/mol. The highest BCUT2D eigenvalue weighted by molar-refractivity contribution is 7.98. The fraction of sp³-hybridized carbons (Fsp3) is 0.545. The Morgan fingerprint density at radius 1 is 1.30 bits per heavy atom. The van der Waals surface area contributed by atoms with E-state index in [-0.39, 0.29) is 6.61 Å². The number of hydrogen-bond donors (Lipinski definition) is 3. The van der Waals surface area contributed by atoms with Crippen LogP contribution in [0, 0.1) is 0 Å². The summed E-state index contributed by atoms with van der Waals surface area (Å²) >= 11 is 1.44. The average Bonchev–Trinajstić information content (AvgIpc) is 3.01. The molecule has 20 heavy (non-hydrogen) atoms.